The van der Waals surface area contributed by atoms with Crippen LogP contribution in [0.5, 0.6) is 0 Å². The minimum absolute atomic E-state index is 0.0202. The van der Waals surface area contributed by atoms with Gasteiger partial charge in [0.2, 0.25) is 0 Å². The molecule has 0 saturated carbocycles. The van der Waals surface area contributed by atoms with Crippen molar-refractivity contribution >= 4 is 5.82 Å². The molecule has 0 bridgehead atoms. The van der Waals surface area contributed by atoms with Crippen LogP contribution >= 0.6 is 0 Å². The Morgan fingerprint density at radius 2 is 2.35 bits per heavy atom. The number of ether oxygens (including phenoxy) is 1. The first kappa shape index (κ1) is 13.6. The molecule has 1 aliphatic rings. The number of rotatable bonds is 2. The van der Waals surface area contributed by atoms with Crippen molar-refractivity contribution in [1.29, 1.82) is 0 Å². The third kappa shape index (κ3) is 3.24. The molecule has 1 saturated heterocycles. The Hall–Kier alpha value is -1.47. The van der Waals surface area contributed by atoms with Gasteiger partial charge in [0, 0.05) is 6.20 Å². The van der Waals surface area contributed by atoms with Crippen molar-refractivity contribution in [3.63, 3.8) is 0 Å². The Kier molecular flexibility index (Phi) is 5.05. The second kappa shape index (κ2) is 6.31. The first-order valence-corrected chi connectivity index (χ1v) is 5.19. The van der Waals surface area contributed by atoms with Gasteiger partial charge in [-0.15, -0.1) is 0 Å². The molecule has 1 fully saturated rings. The highest BCUT2D eigenvalue weighted by Gasteiger charge is 2.26. The number of aliphatic hydroxyl groups is 1. The topological polar surface area (TPSA) is 90.4 Å². The predicted octanol–water partition coefficient (Wildman–Crippen LogP) is 0.0811. The van der Waals surface area contributed by atoms with Crippen LogP contribution in [0.4, 0.5) is 10.2 Å². The number of nitrogen functional groups attached to an aromatic ring is 1. The van der Waals surface area contributed by atoms with E-state index in [0.29, 0.717) is 13.6 Å². The summed E-state index contributed by atoms with van der Waals surface area (Å²) in [6.07, 6.45) is 2.51. The van der Waals surface area contributed by atoms with Crippen molar-refractivity contribution in [3.05, 3.63) is 22.7 Å². The minimum atomic E-state index is -0.418. The summed E-state index contributed by atoms with van der Waals surface area (Å²) in [5.74, 6) is 0.202. The smallest absolute Gasteiger partial charge is 0.351 e. The summed E-state index contributed by atoms with van der Waals surface area (Å²) in [5, 5.41) is 8.90. The molecule has 0 amide bonds. The average molecular weight is 245 g/mol. The molecule has 2 rings (SSSR count). The second-order valence-electron chi connectivity index (χ2n) is 3.51. The fourth-order valence-electron chi connectivity index (χ4n) is 1.67. The van der Waals surface area contributed by atoms with E-state index in [0.717, 1.165) is 6.42 Å². The average Bonchev–Trinajstić information content (AvgIpc) is 2.80. The Labute approximate surface area is 97.8 Å². The van der Waals surface area contributed by atoms with E-state index in [1.807, 2.05) is 0 Å². The number of aromatic nitrogens is 2. The van der Waals surface area contributed by atoms with E-state index in [1.165, 1.54) is 4.57 Å². The zero-order valence-electron chi connectivity index (χ0n) is 9.54. The molecule has 2 heterocycles. The molecule has 0 aliphatic carbocycles. The Bertz CT molecular complexity index is 410. The van der Waals surface area contributed by atoms with Gasteiger partial charge in [-0.1, -0.05) is 0 Å². The van der Waals surface area contributed by atoms with Gasteiger partial charge in [0.25, 0.3) is 0 Å². The Balaban J connectivity index is 0.000000686. The molecule has 7 heteroatoms. The number of alkyl halides is 1. The number of nitrogens with zero attached hydrogens (tertiary/aromatic N) is 2. The van der Waals surface area contributed by atoms with Gasteiger partial charge in [0.05, 0.1) is 19.9 Å². The van der Waals surface area contributed by atoms with Gasteiger partial charge in [-0.25, -0.2) is 4.79 Å². The molecule has 1 aromatic rings. The van der Waals surface area contributed by atoms with E-state index in [9.17, 15) is 9.18 Å². The third-order valence-corrected chi connectivity index (χ3v) is 2.45. The molecule has 96 valence electrons. The van der Waals surface area contributed by atoms with E-state index in [-0.39, 0.29) is 24.8 Å². The minimum Gasteiger partial charge on any atom is -0.394 e. The Morgan fingerprint density at radius 3 is 2.88 bits per heavy atom. The molecule has 1 aromatic heterocycles. The standard InChI is InChI=1S/C9H13N3O3.CH3F/c10-7-3-4-12(9(14)11-7)8-2-1-6(5-13)15-8;1-2/h3-4,6,8,13H,1-2,5H2,(H2,10,11,14);1H3. The molecule has 1 aliphatic heterocycles. The van der Waals surface area contributed by atoms with Crippen LogP contribution in [0.3, 0.4) is 0 Å². The molecule has 17 heavy (non-hydrogen) atoms. The lowest BCUT2D eigenvalue weighted by Crippen LogP contribution is -2.27. The van der Waals surface area contributed by atoms with Crippen molar-refractivity contribution < 1.29 is 14.2 Å². The van der Waals surface area contributed by atoms with Crippen LogP contribution in [0.25, 0.3) is 0 Å². The number of anilines is 1. The highest BCUT2D eigenvalue weighted by molar-refractivity contribution is 5.23. The van der Waals surface area contributed by atoms with Gasteiger partial charge in [-0.2, -0.15) is 4.98 Å². The highest BCUT2D eigenvalue weighted by atomic mass is 19.1. The van der Waals surface area contributed by atoms with Gasteiger partial charge >= 0.3 is 5.69 Å². The quantitative estimate of drug-likeness (QED) is 0.770. The maximum Gasteiger partial charge on any atom is 0.351 e. The molecule has 2 atom stereocenters. The van der Waals surface area contributed by atoms with Gasteiger partial charge in [0.1, 0.15) is 12.0 Å². The molecule has 0 aromatic carbocycles. The van der Waals surface area contributed by atoms with Crippen LogP contribution in [0, 0.1) is 0 Å². The molecule has 3 N–H and O–H groups in total. The summed E-state index contributed by atoms with van der Waals surface area (Å²) < 4.78 is 16.3. The van der Waals surface area contributed by atoms with Gasteiger partial charge in [-0.3, -0.25) is 8.96 Å². The molecular formula is C10H16FN3O3. The zero-order chi connectivity index (χ0) is 12.8. The van der Waals surface area contributed by atoms with E-state index in [1.54, 1.807) is 12.3 Å². The summed E-state index contributed by atoms with van der Waals surface area (Å²) in [7, 11) is 0.500. The monoisotopic (exact) mass is 245 g/mol. The number of hydrogen-bond donors (Lipinski definition) is 2. The van der Waals surface area contributed by atoms with E-state index in [4.69, 9.17) is 15.6 Å². The van der Waals surface area contributed by atoms with Crippen molar-refractivity contribution in [2.45, 2.75) is 25.2 Å². The summed E-state index contributed by atoms with van der Waals surface area (Å²) >= 11 is 0. The fourth-order valence-corrected chi connectivity index (χ4v) is 1.67. The summed E-state index contributed by atoms with van der Waals surface area (Å²) in [5.41, 5.74) is 4.96. The van der Waals surface area contributed by atoms with Crippen LogP contribution < -0.4 is 11.4 Å². The van der Waals surface area contributed by atoms with Gasteiger partial charge in [-0.05, 0) is 18.9 Å². The molecule has 6 nitrogen and oxygen atoms in total. The van der Waals surface area contributed by atoms with Crippen LogP contribution in [0.2, 0.25) is 0 Å². The maximum atomic E-state index is 11.5. The van der Waals surface area contributed by atoms with Gasteiger partial charge in [0.15, 0.2) is 0 Å². The largest absolute Gasteiger partial charge is 0.394 e. The van der Waals surface area contributed by atoms with Crippen molar-refractivity contribution in [2.24, 2.45) is 0 Å². The van der Waals surface area contributed by atoms with Crippen LogP contribution in [0.1, 0.15) is 19.1 Å². The van der Waals surface area contributed by atoms with Gasteiger partial charge < -0.3 is 15.6 Å². The Morgan fingerprint density at radius 1 is 1.65 bits per heavy atom. The summed E-state index contributed by atoms with van der Waals surface area (Å²) in [4.78, 5) is 15.1. The molecular weight excluding hydrogens is 229 g/mol. The van der Waals surface area contributed by atoms with Crippen LogP contribution in [0.15, 0.2) is 17.1 Å². The second-order valence-corrected chi connectivity index (χ2v) is 3.51. The SMILES string of the molecule is CF.Nc1ccn(C2CCC(CO)O2)c(=O)n1. The van der Waals surface area contributed by atoms with Crippen molar-refractivity contribution in [1.82, 2.24) is 9.55 Å². The zero-order valence-corrected chi connectivity index (χ0v) is 9.54. The number of aliphatic hydroxyl groups excluding tert-OH is 1. The van der Waals surface area contributed by atoms with E-state index < -0.39 is 5.69 Å². The van der Waals surface area contributed by atoms with E-state index in [2.05, 4.69) is 4.98 Å². The lowest BCUT2D eigenvalue weighted by Gasteiger charge is -2.14. The summed E-state index contributed by atoms with van der Waals surface area (Å²) in [6, 6.07) is 1.55. The number of hydrogen-bond acceptors (Lipinski definition) is 5. The molecule has 0 radical (unpaired) electrons. The predicted molar refractivity (Wildman–Crippen MR) is 60.2 cm³/mol. The third-order valence-electron chi connectivity index (χ3n) is 2.45. The highest BCUT2D eigenvalue weighted by Crippen LogP contribution is 2.26. The van der Waals surface area contributed by atoms with Crippen molar-refractivity contribution in [2.75, 3.05) is 19.5 Å². The number of nitrogens with two attached hydrogens (primary N) is 1. The van der Waals surface area contributed by atoms with E-state index >= 15 is 0 Å². The maximum absolute atomic E-state index is 11.5. The normalized spacial score (nSPS) is 23.0. The number of halogens is 1. The lowest BCUT2D eigenvalue weighted by atomic mass is 10.2. The molecule has 0 spiro atoms. The van der Waals surface area contributed by atoms with Crippen molar-refractivity contribution in [3.8, 4) is 0 Å². The first-order valence-electron chi connectivity index (χ1n) is 5.19. The lowest BCUT2D eigenvalue weighted by molar-refractivity contribution is -0.0245. The fraction of sp³-hybridized carbons (Fsp3) is 0.600. The van der Waals surface area contributed by atoms with Crippen LogP contribution in [-0.4, -0.2) is 34.5 Å². The summed E-state index contributed by atoms with van der Waals surface area (Å²) in [6.45, 7) is -0.0202. The first-order chi connectivity index (χ1) is 8.20. The van der Waals surface area contributed by atoms with Crippen LogP contribution in [-0.2, 0) is 4.74 Å². The molecule has 2 unspecified atom stereocenters.